The van der Waals surface area contributed by atoms with Gasteiger partial charge in [-0.25, -0.2) is 0 Å². The molecule has 0 spiro atoms. The van der Waals surface area contributed by atoms with Gasteiger partial charge in [0, 0.05) is 11.0 Å². The summed E-state index contributed by atoms with van der Waals surface area (Å²) in [6, 6.07) is 5.12. The first-order valence-corrected chi connectivity index (χ1v) is 4.35. The molecule has 76 valence electrons. The van der Waals surface area contributed by atoms with Gasteiger partial charge in [0.25, 0.3) is 0 Å². The number of carbonyl (C=O) groups excluding carboxylic acids is 1. The van der Waals surface area contributed by atoms with E-state index >= 15 is 0 Å². The highest BCUT2D eigenvalue weighted by Crippen LogP contribution is 2.36. The van der Waals surface area contributed by atoms with Gasteiger partial charge in [0.05, 0.1) is 7.11 Å². The number of rotatable bonds is 3. The minimum Gasteiger partial charge on any atom is -0.504 e. The second kappa shape index (κ2) is 3.70. The summed E-state index contributed by atoms with van der Waals surface area (Å²) in [7, 11) is 1.48. The van der Waals surface area contributed by atoms with Gasteiger partial charge < -0.3 is 14.6 Å². The molecule has 0 atom stereocenters. The molecule has 14 heavy (non-hydrogen) atoms. The van der Waals surface area contributed by atoms with E-state index in [-0.39, 0.29) is 5.75 Å². The van der Waals surface area contributed by atoms with E-state index in [1.54, 1.807) is 32.0 Å². The molecule has 0 aliphatic rings. The van der Waals surface area contributed by atoms with E-state index in [2.05, 4.69) is 0 Å². The smallest absolute Gasteiger partial charge is 0.161 e. The molecule has 1 aromatic carbocycles. The van der Waals surface area contributed by atoms with Crippen LogP contribution in [0.4, 0.5) is 0 Å². The van der Waals surface area contributed by atoms with Crippen molar-refractivity contribution in [3.8, 4) is 11.5 Å². The fourth-order valence-electron chi connectivity index (χ4n) is 1.27. The van der Waals surface area contributed by atoms with Crippen molar-refractivity contribution in [2.75, 3.05) is 7.11 Å². The van der Waals surface area contributed by atoms with Crippen LogP contribution in [0.2, 0.25) is 0 Å². The van der Waals surface area contributed by atoms with Crippen LogP contribution in [0.15, 0.2) is 18.2 Å². The highest BCUT2D eigenvalue weighted by Gasteiger charge is 2.24. The number of carbonyl (C=O) groups is 1. The number of benzene rings is 1. The lowest BCUT2D eigenvalue weighted by Gasteiger charge is -2.19. The van der Waals surface area contributed by atoms with Gasteiger partial charge in [0.1, 0.15) is 6.29 Å². The number of hydrogen-bond acceptors (Lipinski definition) is 3. The van der Waals surface area contributed by atoms with E-state index in [0.717, 1.165) is 6.29 Å². The Morgan fingerprint density at radius 3 is 2.57 bits per heavy atom. The second-order valence-corrected chi connectivity index (χ2v) is 3.70. The zero-order valence-corrected chi connectivity index (χ0v) is 8.57. The van der Waals surface area contributed by atoms with Crippen molar-refractivity contribution in [2.45, 2.75) is 19.3 Å². The van der Waals surface area contributed by atoms with Crippen molar-refractivity contribution >= 4 is 6.29 Å². The van der Waals surface area contributed by atoms with Gasteiger partial charge in [-0.15, -0.1) is 0 Å². The van der Waals surface area contributed by atoms with Gasteiger partial charge >= 0.3 is 0 Å². The Morgan fingerprint density at radius 2 is 2.07 bits per heavy atom. The predicted octanol–water partition coefficient (Wildman–Crippen LogP) is 1.88. The molecule has 0 bridgehead atoms. The quantitative estimate of drug-likeness (QED) is 0.747. The first kappa shape index (κ1) is 10.6. The van der Waals surface area contributed by atoms with Gasteiger partial charge in [0.2, 0.25) is 0 Å². The molecule has 0 fully saturated rings. The van der Waals surface area contributed by atoms with Crippen LogP contribution in [0.5, 0.6) is 11.5 Å². The van der Waals surface area contributed by atoms with E-state index in [1.807, 2.05) is 0 Å². The zero-order valence-electron chi connectivity index (χ0n) is 8.57. The van der Waals surface area contributed by atoms with Crippen molar-refractivity contribution < 1.29 is 14.6 Å². The molecule has 0 radical (unpaired) electrons. The minimum absolute atomic E-state index is 0.0344. The van der Waals surface area contributed by atoms with Crippen molar-refractivity contribution in [2.24, 2.45) is 0 Å². The lowest BCUT2D eigenvalue weighted by molar-refractivity contribution is -0.111. The van der Waals surface area contributed by atoms with Crippen molar-refractivity contribution in [1.29, 1.82) is 0 Å². The third kappa shape index (κ3) is 1.71. The SMILES string of the molecule is COc1cccc(C(C)(C)C=O)c1O. The Bertz CT molecular complexity index is 342. The average Bonchev–Trinajstić information content (AvgIpc) is 2.18. The summed E-state index contributed by atoms with van der Waals surface area (Å²) in [5.74, 6) is 0.421. The molecule has 0 heterocycles. The summed E-state index contributed by atoms with van der Waals surface area (Å²) in [5.41, 5.74) is -0.120. The number of phenols is 1. The van der Waals surface area contributed by atoms with Gasteiger partial charge in [-0.05, 0) is 19.9 Å². The van der Waals surface area contributed by atoms with Crippen molar-refractivity contribution in [3.63, 3.8) is 0 Å². The maximum Gasteiger partial charge on any atom is 0.161 e. The summed E-state index contributed by atoms with van der Waals surface area (Å²) in [6.07, 6.45) is 0.807. The first-order chi connectivity index (χ1) is 6.53. The molecule has 3 nitrogen and oxygen atoms in total. The van der Waals surface area contributed by atoms with Crippen LogP contribution in [0.1, 0.15) is 19.4 Å². The molecule has 1 aromatic rings. The fraction of sp³-hybridized carbons (Fsp3) is 0.364. The van der Waals surface area contributed by atoms with Crippen LogP contribution in [0, 0.1) is 0 Å². The number of phenolic OH excluding ortho intramolecular Hbond substituents is 1. The van der Waals surface area contributed by atoms with E-state index in [0.29, 0.717) is 11.3 Å². The molecule has 0 aliphatic heterocycles. The zero-order chi connectivity index (χ0) is 10.8. The molecule has 0 saturated carbocycles. The number of para-hydroxylation sites is 1. The molecule has 1 N–H and O–H groups in total. The van der Waals surface area contributed by atoms with Crippen LogP contribution in [-0.4, -0.2) is 18.5 Å². The van der Waals surface area contributed by atoms with Crippen LogP contribution in [-0.2, 0) is 10.2 Å². The molecule has 0 aliphatic carbocycles. The molecular formula is C11H14O3. The van der Waals surface area contributed by atoms with Gasteiger partial charge in [-0.2, -0.15) is 0 Å². The Balaban J connectivity index is 3.29. The molecule has 3 heteroatoms. The first-order valence-electron chi connectivity index (χ1n) is 4.35. The van der Waals surface area contributed by atoms with Crippen LogP contribution < -0.4 is 4.74 Å². The molecule has 0 amide bonds. The van der Waals surface area contributed by atoms with E-state index in [1.165, 1.54) is 7.11 Å². The van der Waals surface area contributed by atoms with Crippen LogP contribution in [0.25, 0.3) is 0 Å². The lowest BCUT2D eigenvalue weighted by atomic mass is 9.85. The fourth-order valence-corrected chi connectivity index (χ4v) is 1.27. The molecule has 1 rings (SSSR count). The highest BCUT2D eigenvalue weighted by molar-refractivity contribution is 5.70. The number of ether oxygens (including phenoxy) is 1. The summed E-state index contributed by atoms with van der Waals surface area (Å²) in [6.45, 7) is 3.49. The largest absolute Gasteiger partial charge is 0.504 e. The third-order valence-corrected chi connectivity index (χ3v) is 2.21. The highest BCUT2D eigenvalue weighted by atomic mass is 16.5. The van der Waals surface area contributed by atoms with E-state index in [9.17, 15) is 9.90 Å². The van der Waals surface area contributed by atoms with Crippen molar-refractivity contribution in [3.05, 3.63) is 23.8 Å². The molecule has 0 unspecified atom stereocenters. The Hall–Kier alpha value is -1.51. The van der Waals surface area contributed by atoms with Crippen LogP contribution in [0.3, 0.4) is 0 Å². The normalized spacial score (nSPS) is 11.1. The summed E-state index contributed by atoms with van der Waals surface area (Å²) >= 11 is 0. The number of aromatic hydroxyl groups is 1. The summed E-state index contributed by atoms with van der Waals surface area (Å²) in [5, 5.41) is 9.77. The predicted molar refractivity (Wildman–Crippen MR) is 53.7 cm³/mol. The van der Waals surface area contributed by atoms with Gasteiger partial charge in [-0.1, -0.05) is 12.1 Å². The molecule has 0 aromatic heterocycles. The lowest BCUT2D eigenvalue weighted by Crippen LogP contribution is -2.18. The van der Waals surface area contributed by atoms with Crippen molar-refractivity contribution in [1.82, 2.24) is 0 Å². The van der Waals surface area contributed by atoms with E-state index in [4.69, 9.17) is 4.74 Å². The molecule has 0 saturated heterocycles. The van der Waals surface area contributed by atoms with Crippen LogP contribution >= 0.6 is 0 Å². The Kier molecular flexibility index (Phi) is 2.79. The number of hydrogen-bond donors (Lipinski definition) is 1. The van der Waals surface area contributed by atoms with E-state index < -0.39 is 5.41 Å². The molecular weight excluding hydrogens is 180 g/mol. The Morgan fingerprint density at radius 1 is 1.43 bits per heavy atom. The van der Waals surface area contributed by atoms with Gasteiger partial charge in [-0.3, -0.25) is 0 Å². The summed E-state index contributed by atoms with van der Waals surface area (Å²) in [4.78, 5) is 10.8. The number of methoxy groups -OCH3 is 1. The summed E-state index contributed by atoms with van der Waals surface area (Å²) < 4.78 is 4.96. The topological polar surface area (TPSA) is 46.5 Å². The third-order valence-electron chi connectivity index (χ3n) is 2.21. The Labute approximate surface area is 83.3 Å². The maximum atomic E-state index is 10.8. The minimum atomic E-state index is -0.696. The van der Waals surface area contributed by atoms with Gasteiger partial charge in [0.15, 0.2) is 11.5 Å². The second-order valence-electron chi connectivity index (χ2n) is 3.70. The number of aldehydes is 1. The monoisotopic (exact) mass is 194 g/mol. The standard InChI is InChI=1S/C11H14O3/c1-11(2,7-12)8-5-4-6-9(14-3)10(8)13/h4-7,13H,1-3H3. The average molecular weight is 194 g/mol. The maximum absolute atomic E-state index is 10.8.